The van der Waals surface area contributed by atoms with Gasteiger partial charge in [0.25, 0.3) is 5.82 Å². The summed E-state index contributed by atoms with van der Waals surface area (Å²) in [5, 5.41) is 0.538. The first-order valence-corrected chi connectivity index (χ1v) is 4.57. The number of hydrogen-bond acceptors (Lipinski definition) is 2. The van der Waals surface area contributed by atoms with Gasteiger partial charge < -0.3 is 0 Å². The minimum Gasteiger partial charge on any atom is -0.294 e. The Morgan fingerprint density at radius 2 is 2.23 bits per heavy atom. The van der Waals surface area contributed by atoms with Gasteiger partial charge in [-0.25, -0.2) is 4.57 Å². The Hall–Kier alpha value is -0.800. The second-order valence-corrected chi connectivity index (χ2v) is 3.28. The molecule has 1 aromatic heterocycles. The minimum absolute atomic E-state index is 0.0149. The van der Waals surface area contributed by atoms with Crippen LogP contribution in [0.5, 0.6) is 0 Å². The lowest BCUT2D eigenvalue weighted by Crippen LogP contribution is -2.40. The molecular weight excluding hydrogens is 211 g/mol. The number of carbonyl (C=O) groups is 1. The van der Waals surface area contributed by atoms with Gasteiger partial charge in [-0.3, -0.25) is 10.5 Å². The molecule has 5 heteroatoms. The first kappa shape index (κ1) is 10.3. The molecule has 0 bridgehead atoms. The molecule has 0 fully saturated rings. The molecule has 1 heterocycles. The zero-order chi connectivity index (χ0) is 9.84. The number of halogens is 2. The van der Waals surface area contributed by atoms with E-state index < -0.39 is 0 Å². The summed E-state index contributed by atoms with van der Waals surface area (Å²) in [4.78, 5) is 11.0. The first-order chi connectivity index (χ1) is 6.13. The molecule has 3 nitrogen and oxygen atoms in total. The topological polar surface area (TPSA) is 47.0 Å². The molecule has 0 aliphatic carbocycles. The maximum Gasteiger partial charge on any atom is 0.272 e. The standard InChI is InChI=1S/C8H8Cl2N2O/c9-3-7(13)5-12-4-6(10)1-2-8(12)11/h1-2,4,11H,3,5H2/p+1. The van der Waals surface area contributed by atoms with Gasteiger partial charge in [0.05, 0.1) is 10.9 Å². The van der Waals surface area contributed by atoms with E-state index in [9.17, 15) is 4.79 Å². The number of nitrogen functional groups attached to an aromatic ring is 1. The third-order valence-corrected chi connectivity index (χ3v) is 2.04. The number of nitrogens with zero attached hydrogens (tertiary/aromatic N) is 1. The highest BCUT2D eigenvalue weighted by atomic mass is 35.5. The van der Waals surface area contributed by atoms with Gasteiger partial charge in [0.1, 0.15) is 12.7 Å². The van der Waals surface area contributed by atoms with Crippen LogP contribution in [0.25, 0.3) is 0 Å². The molecule has 0 aromatic carbocycles. The summed E-state index contributed by atoms with van der Waals surface area (Å²) in [6.45, 7) is 0.163. The number of aromatic nitrogens is 1. The summed E-state index contributed by atoms with van der Waals surface area (Å²) in [5.74, 6) is 0.377. The third-order valence-electron chi connectivity index (χ3n) is 1.52. The zero-order valence-corrected chi connectivity index (χ0v) is 8.35. The van der Waals surface area contributed by atoms with Crippen molar-refractivity contribution < 1.29 is 9.36 Å². The Morgan fingerprint density at radius 1 is 1.54 bits per heavy atom. The van der Waals surface area contributed by atoms with E-state index in [4.69, 9.17) is 28.9 Å². The van der Waals surface area contributed by atoms with Crippen molar-refractivity contribution >= 4 is 34.8 Å². The molecule has 0 amide bonds. The van der Waals surface area contributed by atoms with Crippen molar-refractivity contribution in [1.82, 2.24) is 0 Å². The van der Waals surface area contributed by atoms with Crippen LogP contribution in [0.2, 0.25) is 5.02 Å². The van der Waals surface area contributed by atoms with Gasteiger partial charge in [0.15, 0.2) is 5.78 Å². The van der Waals surface area contributed by atoms with Gasteiger partial charge in [-0.1, -0.05) is 11.6 Å². The number of hydrogen-bond donors (Lipinski definition) is 1. The molecule has 13 heavy (non-hydrogen) atoms. The summed E-state index contributed by atoms with van der Waals surface area (Å²) >= 11 is 11.1. The van der Waals surface area contributed by atoms with E-state index in [1.165, 1.54) is 0 Å². The molecule has 70 valence electrons. The van der Waals surface area contributed by atoms with Crippen molar-refractivity contribution in [2.45, 2.75) is 6.54 Å². The van der Waals surface area contributed by atoms with E-state index in [0.717, 1.165) is 0 Å². The predicted molar refractivity (Wildman–Crippen MR) is 51.8 cm³/mol. The molecule has 0 aliphatic heterocycles. The Kier molecular flexibility index (Phi) is 3.51. The number of nitrogens with two attached hydrogens (primary N) is 1. The van der Waals surface area contributed by atoms with Crippen molar-refractivity contribution in [2.75, 3.05) is 11.6 Å². The Morgan fingerprint density at radius 3 is 2.85 bits per heavy atom. The van der Waals surface area contributed by atoms with E-state index >= 15 is 0 Å². The monoisotopic (exact) mass is 219 g/mol. The lowest BCUT2D eigenvalue weighted by atomic mass is 10.4. The first-order valence-electron chi connectivity index (χ1n) is 3.65. The number of rotatable bonds is 3. The number of Topliss-reactive ketones (excluding diaryl/α,β-unsaturated/α-hetero) is 1. The molecule has 0 aliphatic rings. The number of pyridine rings is 1. The smallest absolute Gasteiger partial charge is 0.272 e. The van der Waals surface area contributed by atoms with Crippen LogP contribution in [0.4, 0.5) is 5.82 Å². The van der Waals surface area contributed by atoms with Crippen molar-refractivity contribution in [1.29, 1.82) is 0 Å². The average Bonchev–Trinajstić information content (AvgIpc) is 2.11. The van der Waals surface area contributed by atoms with Crippen LogP contribution in [0.15, 0.2) is 18.3 Å². The zero-order valence-electron chi connectivity index (χ0n) is 6.84. The van der Waals surface area contributed by atoms with Crippen molar-refractivity contribution in [3.05, 3.63) is 23.4 Å². The highest BCUT2D eigenvalue weighted by Gasteiger charge is 2.09. The maximum atomic E-state index is 11.0. The van der Waals surface area contributed by atoms with Crippen LogP contribution < -0.4 is 10.3 Å². The van der Waals surface area contributed by atoms with E-state index in [2.05, 4.69) is 0 Å². The molecule has 0 saturated heterocycles. The van der Waals surface area contributed by atoms with Crippen LogP contribution in [0, 0.1) is 0 Å². The SMILES string of the molecule is Nc1ccc(Cl)c[n+]1CC(=O)CCl. The Labute approximate surface area is 86.1 Å². The fourth-order valence-electron chi connectivity index (χ4n) is 0.896. The number of carbonyl (C=O) groups excluding carboxylic acids is 1. The predicted octanol–water partition coefficient (Wildman–Crippen LogP) is 1.02. The van der Waals surface area contributed by atoms with E-state index in [0.29, 0.717) is 10.8 Å². The number of ketones is 1. The summed E-state index contributed by atoms with van der Waals surface area (Å²) in [6, 6.07) is 3.31. The van der Waals surface area contributed by atoms with Crippen LogP contribution in [-0.4, -0.2) is 11.7 Å². The largest absolute Gasteiger partial charge is 0.294 e. The summed E-state index contributed by atoms with van der Waals surface area (Å²) < 4.78 is 1.56. The van der Waals surface area contributed by atoms with Gasteiger partial charge in [0, 0.05) is 6.07 Å². The van der Waals surface area contributed by atoms with Crippen LogP contribution in [-0.2, 0) is 11.3 Å². The van der Waals surface area contributed by atoms with E-state index in [-0.39, 0.29) is 18.2 Å². The molecule has 1 rings (SSSR count). The van der Waals surface area contributed by atoms with Crippen molar-refractivity contribution in [2.24, 2.45) is 0 Å². The van der Waals surface area contributed by atoms with Crippen LogP contribution in [0.1, 0.15) is 0 Å². The van der Waals surface area contributed by atoms with Gasteiger partial charge >= 0.3 is 0 Å². The highest BCUT2D eigenvalue weighted by Crippen LogP contribution is 2.05. The van der Waals surface area contributed by atoms with Gasteiger partial charge in [0.2, 0.25) is 0 Å². The van der Waals surface area contributed by atoms with Crippen LogP contribution in [0.3, 0.4) is 0 Å². The molecule has 0 spiro atoms. The lowest BCUT2D eigenvalue weighted by molar-refractivity contribution is -0.669. The molecular formula is C8H9Cl2N2O+. The summed E-state index contributed by atoms with van der Waals surface area (Å²) in [5.41, 5.74) is 5.60. The molecule has 0 radical (unpaired) electrons. The second kappa shape index (κ2) is 4.44. The normalized spacial score (nSPS) is 10.0. The summed E-state index contributed by atoms with van der Waals surface area (Å²) in [7, 11) is 0. The highest BCUT2D eigenvalue weighted by molar-refractivity contribution is 6.30. The quantitative estimate of drug-likeness (QED) is 0.610. The molecule has 2 N–H and O–H groups in total. The second-order valence-electron chi connectivity index (χ2n) is 2.57. The Balaban J connectivity index is 2.87. The number of anilines is 1. The van der Waals surface area contributed by atoms with Crippen molar-refractivity contribution in [3.8, 4) is 0 Å². The van der Waals surface area contributed by atoms with Gasteiger partial charge in [-0.15, -0.1) is 11.6 Å². The van der Waals surface area contributed by atoms with Gasteiger partial charge in [-0.2, -0.15) is 0 Å². The lowest BCUT2D eigenvalue weighted by Gasteiger charge is -2.00. The molecule has 0 atom stereocenters. The molecule has 0 saturated carbocycles. The molecule has 1 aromatic rings. The van der Waals surface area contributed by atoms with Gasteiger partial charge in [-0.05, 0) is 6.07 Å². The summed E-state index contributed by atoms with van der Waals surface area (Å²) in [6.07, 6.45) is 1.60. The average molecular weight is 220 g/mol. The van der Waals surface area contributed by atoms with E-state index in [1.807, 2.05) is 0 Å². The number of alkyl halides is 1. The third kappa shape index (κ3) is 2.86. The maximum absolute atomic E-state index is 11.0. The molecule has 0 unspecified atom stereocenters. The van der Waals surface area contributed by atoms with E-state index in [1.54, 1.807) is 22.9 Å². The fraction of sp³-hybridized carbons (Fsp3) is 0.250. The van der Waals surface area contributed by atoms with Crippen LogP contribution >= 0.6 is 23.2 Å². The minimum atomic E-state index is -0.0966. The fourth-order valence-corrected chi connectivity index (χ4v) is 1.16. The van der Waals surface area contributed by atoms with Crippen molar-refractivity contribution in [3.63, 3.8) is 0 Å². The Bertz CT molecular complexity index is 328.